The molecule has 0 saturated heterocycles. The van der Waals surface area contributed by atoms with Gasteiger partial charge in [0.05, 0.1) is 12.8 Å². The number of carbonyl (C=O) groups is 3. The SMILES string of the molecule is CCN(C(=O)c1cccc(NCC(=O)Nc2cccc(NC(=O)c3ccco3)c2)c1)c1ccccc1. The molecule has 0 atom stereocenters. The molecule has 0 radical (unpaired) electrons. The maximum atomic E-state index is 13.1. The Bertz CT molecular complexity index is 1340. The number of rotatable bonds is 9. The molecule has 1 heterocycles. The molecule has 8 heteroatoms. The van der Waals surface area contributed by atoms with Gasteiger partial charge in [-0.25, -0.2) is 0 Å². The van der Waals surface area contributed by atoms with Crippen LogP contribution in [-0.2, 0) is 4.79 Å². The fraction of sp³-hybridized carbons (Fsp3) is 0.107. The molecule has 0 aliphatic heterocycles. The highest BCUT2D eigenvalue weighted by Gasteiger charge is 2.16. The summed E-state index contributed by atoms with van der Waals surface area (Å²) < 4.78 is 5.09. The summed E-state index contributed by atoms with van der Waals surface area (Å²) in [6.07, 6.45) is 1.42. The van der Waals surface area contributed by atoms with Gasteiger partial charge in [-0.1, -0.05) is 30.3 Å². The van der Waals surface area contributed by atoms with Crippen LogP contribution in [0.4, 0.5) is 22.7 Å². The number of benzene rings is 3. The van der Waals surface area contributed by atoms with Gasteiger partial charge in [0.15, 0.2) is 5.76 Å². The van der Waals surface area contributed by atoms with E-state index >= 15 is 0 Å². The molecule has 0 spiro atoms. The maximum Gasteiger partial charge on any atom is 0.291 e. The molecule has 182 valence electrons. The molecule has 0 bridgehead atoms. The van der Waals surface area contributed by atoms with Gasteiger partial charge in [0, 0.05) is 34.9 Å². The van der Waals surface area contributed by atoms with Gasteiger partial charge < -0.3 is 25.3 Å². The van der Waals surface area contributed by atoms with E-state index < -0.39 is 0 Å². The minimum absolute atomic E-state index is 0.00317. The van der Waals surface area contributed by atoms with Crippen LogP contribution in [0.25, 0.3) is 0 Å². The fourth-order valence-corrected chi connectivity index (χ4v) is 3.63. The largest absolute Gasteiger partial charge is 0.459 e. The smallest absolute Gasteiger partial charge is 0.291 e. The molecular weight excluding hydrogens is 456 g/mol. The first-order valence-corrected chi connectivity index (χ1v) is 11.5. The molecule has 1 aromatic heterocycles. The number of hydrogen-bond donors (Lipinski definition) is 3. The molecule has 4 rings (SSSR count). The van der Waals surface area contributed by atoms with Crippen molar-refractivity contribution in [2.45, 2.75) is 6.92 Å². The third-order valence-electron chi connectivity index (χ3n) is 5.34. The lowest BCUT2D eigenvalue weighted by atomic mass is 10.1. The van der Waals surface area contributed by atoms with E-state index in [9.17, 15) is 14.4 Å². The Labute approximate surface area is 208 Å². The Balaban J connectivity index is 1.34. The van der Waals surface area contributed by atoms with Crippen LogP contribution in [0.2, 0.25) is 0 Å². The van der Waals surface area contributed by atoms with Crippen LogP contribution in [0, 0.1) is 0 Å². The maximum absolute atomic E-state index is 13.1. The summed E-state index contributed by atoms with van der Waals surface area (Å²) in [5.74, 6) is -0.584. The molecule has 4 aromatic rings. The van der Waals surface area contributed by atoms with Crippen molar-refractivity contribution in [1.82, 2.24) is 0 Å². The quantitative estimate of drug-likeness (QED) is 0.302. The summed E-state index contributed by atoms with van der Waals surface area (Å²) in [6, 6.07) is 26.6. The molecule has 36 heavy (non-hydrogen) atoms. The van der Waals surface area contributed by atoms with Crippen LogP contribution < -0.4 is 20.9 Å². The lowest BCUT2D eigenvalue weighted by molar-refractivity contribution is -0.114. The number of para-hydroxylation sites is 1. The zero-order valence-corrected chi connectivity index (χ0v) is 19.7. The van der Waals surface area contributed by atoms with Crippen LogP contribution >= 0.6 is 0 Å². The fourth-order valence-electron chi connectivity index (χ4n) is 3.63. The number of amides is 3. The second-order valence-electron chi connectivity index (χ2n) is 7.88. The van der Waals surface area contributed by atoms with Crippen molar-refractivity contribution in [3.05, 3.63) is 109 Å². The van der Waals surface area contributed by atoms with Crippen LogP contribution in [0.15, 0.2) is 102 Å². The highest BCUT2D eigenvalue weighted by atomic mass is 16.3. The molecule has 0 unspecified atom stereocenters. The summed E-state index contributed by atoms with van der Waals surface area (Å²) in [4.78, 5) is 39.4. The van der Waals surface area contributed by atoms with Gasteiger partial charge in [-0.05, 0) is 67.6 Å². The second-order valence-corrected chi connectivity index (χ2v) is 7.88. The van der Waals surface area contributed by atoms with Crippen LogP contribution in [0.5, 0.6) is 0 Å². The molecule has 3 aromatic carbocycles. The monoisotopic (exact) mass is 482 g/mol. The van der Waals surface area contributed by atoms with Crippen molar-refractivity contribution < 1.29 is 18.8 Å². The van der Waals surface area contributed by atoms with Crippen molar-refractivity contribution in [3.8, 4) is 0 Å². The first-order valence-electron chi connectivity index (χ1n) is 11.5. The number of anilines is 4. The Morgan fingerprint density at radius 2 is 1.50 bits per heavy atom. The number of hydrogen-bond acceptors (Lipinski definition) is 5. The molecule has 0 saturated carbocycles. The Hall–Kier alpha value is -4.85. The number of nitrogens with one attached hydrogen (secondary N) is 3. The first-order chi connectivity index (χ1) is 17.5. The van der Waals surface area contributed by atoms with Gasteiger partial charge in [-0.2, -0.15) is 0 Å². The van der Waals surface area contributed by atoms with Crippen LogP contribution in [0.1, 0.15) is 27.8 Å². The van der Waals surface area contributed by atoms with E-state index in [4.69, 9.17) is 4.42 Å². The molecular formula is C28H26N4O4. The summed E-state index contributed by atoms with van der Waals surface area (Å²) in [5, 5.41) is 8.58. The second kappa shape index (κ2) is 11.5. The van der Waals surface area contributed by atoms with Gasteiger partial charge in [-0.15, -0.1) is 0 Å². The Kier molecular flexibility index (Phi) is 7.77. The van der Waals surface area contributed by atoms with E-state index in [0.717, 1.165) is 5.69 Å². The van der Waals surface area contributed by atoms with Crippen LogP contribution in [0.3, 0.4) is 0 Å². The Morgan fingerprint density at radius 3 is 2.22 bits per heavy atom. The lowest BCUT2D eigenvalue weighted by Crippen LogP contribution is -2.30. The first kappa shape index (κ1) is 24.3. The highest BCUT2D eigenvalue weighted by molar-refractivity contribution is 6.06. The van der Waals surface area contributed by atoms with Crippen molar-refractivity contribution in [2.24, 2.45) is 0 Å². The zero-order valence-electron chi connectivity index (χ0n) is 19.7. The third kappa shape index (κ3) is 6.18. The summed E-state index contributed by atoms with van der Waals surface area (Å²) in [5.41, 5.74) is 3.05. The van der Waals surface area contributed by atoms with Crippen LogP contribution in [-0.4, -0.2) is 30.8 Å². The molecule has 0 aliphatic rings. The summed E-state index contributed by atoms with van der Waals surface area (Å²) in [7, 11) is 0. The predicted molar refractivity (Wildman–Crippen MR) is 140 cm³/mol. The third-order valence-corrected chi connectivity index (χ3v) is 5.34. The van der Waals surface area contributed by atoms with E-state index in [1.165, 1.54) is 6.26 Å². The topological polar surface area (TPSA) is 104 Å². The molecule has 3 amide bonds. The number of carbonyl (C=O) groups excluding carboxylic acids is 3. The van der Waals surface area contributed by atoms with Crippen molar-refractivity contribution in [2.75, 3.05) is 33.9 Å². The van der Waals surface area contributed by atoms with E-state index in [-0.39, 0.29) is 30.0 Å². The van der Waals surface area contributed by atoms with Gasteiger partial charge >= 0.3 is 0 Å². The molecule has 0 aliphatic carbocycles. The molecule has 0 fully saturated rings. The minimum atomic E-state index is -0.381. The zero-order chi connectivity index (χ0) is 25.3. The van der Waals surface area contributed by atoms with E-state index in [0.29, 0.717) is 29.2 Å². The number of nitrogens with zero attached hydrogens (tertiary/aromatic N) is 1. The van der Waals surface area contributed by atoms with Gasteiger partial charge in [0.1, 0.15) is 0 Å². The van der Waals surface area contributed by atoms with Gasteiger partial charge in [-0.3, -0.25) is 14.4 Å². The molecule has 8 nitrogen and oxygen atoms in total. The normalized spacial score (nSPS) is 10.4. The average molecular weight is 483 g/mol. The van der Waals surface area contributed by atoms with E-state index in [1.807, 2.05) is 37.3 Å². The van der Waals surface area contributed by atoms with Gasteiger partial charge in [0.25, 0.3) is 11.8 Å². The lowest BCUT2D eigenvalue weighted by Gasteiger charge is -2.21. The van der Waals surface area contributed by atoms with E-state index in [2.05, 4.69) is 16.0 Å². The minimum Gasteiger partial charge on any atom is -0.459 e. The van der Waals surface area contributed by atoms with Crippen molar-refractivity contribution in [3.63, 3.8) is 0 Å². The van der Waals surface area contributed by atoms with Crippen molar-refractivity contribution >= 4 is 40.5 Å². The van der Waals surface area contributed by atoms with Gasteiger partial charge in [0.2, 0.25) is 5.91 Å². The van der Waals surface area contributed by atoms with E-state index in [1.54, 1.807) is 65.6 Å². The average Bonchev–Trinajstić information content (AvgIpc) is 3.44. The Morgan fingerprint density at radius 1 is 0.778 bits per heavy atom. The predicted octanol–water partition coefficient (Wildman–Crippen LogP) is 5.25. The number of furan rings is 1. The molecule has 3 N–H and O–H groups in total. The van der Waals surface area contributed by atoms with Crippen molar-refractivity contribution in [1.29, 1.82) is 0 Å². The highest BCUT2D eigenvalue weighted by Crippen LogP contribution is 2.19. The summed E-state index contributed by atoms with van der Waals surface area (Å²) in [6.45, 7) is 2.45. The standard InChI is InChI=1S/C28H26N4O4/c1-2-32(24-13-4-3-5-14-24)28(35)20-9-6-10-21(17-20)29-19-26(33)30-22-11-7-12-23(18-22)31-27(34)25-15-8-16-36-25/h3-18,29H,2,19H2,1H3,(H,30,33)(H,31,34). The summed E-state index contributed by atoms with van der Waals surface area (Å²) >= 11 is 0.